The van der Waals surface area contributed by atoms with Crippen LogP contribution in [0, 0.1) is 0 Å². The summed E-state index contributed by atoms with van der Waals surface area (Å²) in [6.07, 6.45) is 32.7. The van der Waals surface area contributed by atoms with E-state index in [2.05, 4.69) is 19.2 Å². The number of hydrogen-bond acceptors (Lipinski definition) is 3. The van der Waals surface area contributed by atoms with E-state index in [1.165, 1.54) is 148 Å². The first-order valence-electron chi connectivity index (χ1n) is 15.8. The largest absolute Gasteiger partial charge is 0.389 e. The fourth-order valence-electron chi connectivity index (χ4n) is 4.68. The molecule has 0 aliphatic rings. The molecule has 0 rings (SSSR count). The van der Waals surface area contributed by atoms with Crippen LogP contribution in [0.2, 0.25) is 0 Å². The van der Waals surface area contributed by atoms with Gasteiger partial charge in [-0.3, -0.25) is 0 Å². The van der Waals surface area contributed by atoms with Crippen molar-refractivity contribution in [2.75, 3.05) is 26.3 Å². The van der Waals surface area contributed by atoms with Crippen molar-refractivity contribution in [2.45, 2.75) is 174 Å². The summed E-state index contributed by atoms with van der Waals surface area (Å²) >= 11 is 0. The lowest BCUT2D eigenvalue weighted by Crippen LogP contribution is -2.31. The van der Waals surface area contributed by atoms with E-state index in [0.29, 0.717) is 13.2 Å². The Labute approximate surface area is 215 Å². The van der Waals surface area contributed by atoms with E-state index in [0.717, 1.165) is 19.6 Å². The van der Waals surface area contributed by atoms with Crippen LogP contribution in [0.5, 0.6) is 0 Å². The zero-order valence-electron chi connectivity index (χ0n) is 23.7. The third-order valence-corrected chi connectivity index (χ3v) is 7.04. The Morgan fingerprint density at radius 2 is 0.853 bits per heavy atom. The Morgan fingerprint density at radius 3 is 1.26 bits per heavy atom. The Hall–Kier alpha value is -0.120. The Bertz CT molecular complexity index is 350. The zero-order valence-corrected chi connectivity index (χ0v) is 23.7. The van der Waals surface area contributed by atoms with Gasteiger partial charge >= 0.3 is 0 Å². The van der Waals surface area contributed by atoms with E-state index in [-0.39, 0.29) is 6.10 Å². The lowest BCUT2D eigenvalue weighted by Gasteiger charge is -2.12. The van der Waals surface area contributed by atoms with E-state index in [4.69, 9.17) is 4.74 Å². The van der Waals surface area contributed by atoms with E-state index < -0.39 is 0 Å². The molecule has 0 aromatic heterocycles. The summed E-state index contributed by atoms with van der Waals surface area (Å²) in [6, 6.07) is 0. The Balaban J connectivity index is 3.13. The first-order chi connectivity index (χ1) is 16.8. The van der Waals surface area contributed by atoms with Crippen molar-refractivity contribution in [2.24, 2.45) is 0 Å². The summed E-state index contributed by atoms with van der Waals surface area (Å²) in [5, 5.41) is 13.4. The van der Waals surface area contributed by atoms with Crippen molar-refractivity contribution in [3.05, 3.63) is 0 Å². The van der Waals surface area contributed by atoms with Crippen LogP contribution in [0.3, 0.4) is 0 Å². The zero-order chi connectivity index (χ0) is 24.8. The number of aliphatic hydroxyl groups excluding tert-OH is 1. The molecule has 0 spiro atoms. The third-order valence-electron chi connectivity index (χ3n) is 7.04. The Morgan fingerprint density at radius 1 is 0.500 bits per heavy atom. The smallest absolute Gasteiger partial charge is 0.0897 e. The fourth-order valence-corrected chi connectivity index (χ4v) is 4.68. The topological polar surface area (TPSA) is 41.5 Å². The molecule has 2 N–H and O–H groups in total. The summed E-state index contributed by atoms with van der Waals surface area (Å²) in [5.74, 6) is 0. The number of rotatable bonds is 30. The van der Waals surface area contributed by atoms with Crippen LogP contribution in [0.4, 0.5) is 0 Å². The highest BCUT2D eigenvalue weighted by Gasteiger charge is 2.03. The minimum absolute atomic E-state index is 0.366. The van der Waals surface area contributed by atoms with Gasteiger partial charge in [0.2, 0.25) is 0 Å². The van der Waals surface area contributed by atoms with Gasteiger partial charge in [-0.05, 0) is 19.4 Å². The second-order valence-electron chi connectivity index (χ2n) is 10.7. The highest BCUT2D eigenvalue weighted by Crippen LogP contribution is 2.13. The molecule has 3 nitrogen and oxygen atoms in total. The van der Waals surface area contributed by atoms with Gasteiger partial charge in [-0.15, -0.1) is 0 Å². The molecule has 3 heteroatoms. The van der Waals surface area contributed by atoms with E-state index >= 15 is 0 Å². The maximum absolute atomic E-state index is 10.0. The second-order valence-corrected chi connectivity index (χ2v) is 10.7. The number of unbranched alkanes of at least 4 members (excludes halogenated alkanes) is 22. The molecular weight excluding hydrogens is 418 g/mol. The van der Waals surface area contributed by atoms with Crippen molar-refractivity contribution in [1.29, 1.82) is 0 Å². The van der Waals surface area contributed by atoms with Gasteiger partial charge in [0.15, 0.2) is 0 Å². The van der Waals surface area contributed by atoms with Crippen LogP contribution < -0.4 is 5.32 Å². The normalized spacial score (nSPS) is 12.4. The average Bonchev–Trinajstić information content (AvgIpc) is 2.84. The molecule has 0 radical (unpaired) electrons. The number of aliphatic hydroxyl groups is 1. The average molecular weight is 484 g/mol. The quantitative estimate of drug-likeness (QED) is 0.1000. The van der Waals surface area contributed by atoms with Gasteiger partial charge in [-0.1, -0.05) is 155 Å². The van der Waals surface area contributed by atoms with E-state index in [1.54, 1.807) is 0 Å². The van der Waals surface area contributed by atoms with Gasteiger partial charge in [0.05, 0.1) is 12.7 Å². The number of ether oxygens (including phenoxy) is 1. The van der Waals surface area contributed by atoms with Gasteiger partial charge in [0.25, 0.3) is 0 Å². The summed E-state index contributed by atoms with van der Waals surface area (Å²) in [4.78, 5) is 0. The van der Waals surface area contributed by atoms with E-state index in [1.807, 2.05) is 0 Å². The monoisotopic (exact) mass is 484 g/mol. The van der Waals surface area contributed by atoms with Crippen LogP contribution in [-0.2, 0) is 4.74 Å². The lowest BCUT2D eigenvalue weighted by atomic mass is 10.0. The molecule has 1 unspecified atom stereocenters. The van der Waals surface area contributed by atoms with Crippen LogP contribution in [0.1, 0.15) is 168 Å². The maximum atomic E-state index is 10.0. The van der Waals surface area contributed by atoms with Crippen LogP contribution in [0.15, 0.2) is 0 Å². The first kappa shape index (κ1) is 33.9. The minimum atomic E-state index is -0.366. The van der Waals surface area contributed by atoms with Gasteiger partial charge in [0.1, 0.15) is 0 Å². The number of nitrogens with one attached hydrogen (secondary N) is 1. The summed E-state index contributed by atoms with van der Waals surface area (Å²) in [6.45, 7) is 7.52. The van der Waals surface area contributed by atoms with Crippen molar-refractivity contribution in [3.63, 3.8) is 0 Å². The molecule has 0 heterocycles. The van der Waals surface area contributed by atoms with Crippen LogP contribution in [-0.4, -0.2) is 37.5 Å². The molecule has 206 valence electrons. The predicted molar refractivity (Wildman–Crippen MR) is 152 cm³/mol. The molecule has 0 fully saturated rings. The molecule has 0 aromatic rings. The molecule has 0 aromatic carbocycles. The SMILES string of the molecule is CCCCCCCCCCCCCCCCNCC(O)COCCCCCCCCCCCC. The summed E-state index contributed by atoms with van der Waals surface area (Å²) < 4.78 is 5.66. The van der Waals surface area contributed by atoms with Gasteiger partial charge in [-0.25, -0.2) is 0 Å². The second kappa shape index (κ2) is 30.9. The predicted octanol–water partition coefficient (Wildman–Crippen LogP) is 9.36. The first-order valence-corrected chi connectivity index (χ1v) is 15.8. The molecule has 0 saturated heterocycles. The van der Waals surface area contributed by atoms with Gasteiger partial charge < -0.3 is 15.2 Å². The third kappa shape index (κ3) is 29.9. The minimum Gasteiger partial charge on any atom is -0.389 e. The number of hydrogen-bond donors (Lipinski definition) is 2. The molecule has 1 atom stereocenters. The van der Waals surface area contributed by atoms with Gasteiger partial charge in [-0.2, -0.15) is 0 Å². The Kier molecular flexibility index (Phi) is 30.8. The summed E-state index contributed by atoms with van der Waals surface area (Å²) in [5.41, 5.74) is 0. The van der Waals surface area contributed by atoms with Crippen molar-refractivity contribution in [1.82, 2.24) is 5.32 Å². The standard InChI is InChI=1S/C31H65NO2/c1-3-5-7-9-11-13-15-16-17-18-19-21-23-25-27-32-29-31(33)30-34-28-26-24-22-20-14-12-10-8-6-4-2/h31-33H,3-30H2,1-2H3. The molecule has 34 heavy (non-hydrogen) atoms. The molecule has 0 amide bonds. The maximum Gasteiger partial charge on any atom is 0.0897 e. The van der Waals surface area contributed by atoms with Crippen LogP contribution in [0.25, 0.3) is 0 Å². The van der Waals surface area contributed by atoms with Crippen molar-refractivity contribution in [3.8, 4) is 0 Å². The molecular formula is C31H65NO2. The van der Waals surface area contributed by atoms with Crippen LogP contribution >= 0.6 is 0 Å². The summed E-state index contributed by atoms with van der Waals surface area (Å²) in [7, 11) is 0. The molecule has 0 aliphatic heterocycles. The van der Waals surface area contributed by atoms with Crippen molar-refractivity contribution >= 4 is 0 Å². The van der Waals surface area contributed by atoms with E-state index in [9.17, 15) is 5.11 Å². The molecule has 0 saturated carbocycles. The molecule has 0 bridgehead atoms. The highest BCUT2D eigenvalue weighted by molar-refractivity contribution is 4.59. The lowest BCUT2D eigenvalue weighted by molar-refractivity contribution is 0.0355. The molecule has 0 aliphatic carbocycles. The fraction of sp³-hybridized carbons (Fsp3) is 1.00. The van der Waals surface area contributed by atoms with Gasteiger partial charge in [0, 0.05) is 13.2 Å². The highest BCUT2D eigenvalue weighted by atomic mass is 16.5. The van der Waals surface area contributed by atoms with Crippen molar-refractivity contribution < 1.29 is 9.84 Å².